The molecule has 0 saturated carbocycles. The van der Waals surface area contributed by atoms with Crippen molar-refractivity contribution < 1.29 is 9.47 Å². The van der Waals surface area contributed by atoms with E-state index in [0.29, 0.717) is 22.2 Å². The van der Waals surface area contributed by atoms with Crippen LogP contribution in [0.1, 0.15) is 11.1 Å². The van der Waals surface area contributed by atoms with Crippen LogP contribution in [0.4, 0.5) is 0 Å². The predicted molar refractivity (Wildman–Crippen MR) is 76.9 cm³/mol. The molecule has 0 aliphatic carbocycles. The Bertz CT molecular complexity index is 611. The number of rotatable bonds is 4. The first-order valence-corrected chi connectivity index (χ1v) is 6.10. The monoisotopic (exact) mass is 275 g/mol. The molecule has 0 heterocycles. The Kier molecular flexibility index (Phi) is 4.07. The van der Waals surface area contributed by atoms with Crippen molar-refractivity contribution in [3.8, 4) is 11.5 Å². The van der Waals surface area contributed by atoms with Gasteiger partial charge in [-0.25, -0.2) is 0 Å². The van der Waals surface area contributed by atoms with Crippen LogP contribution < -0.4 is 9.47 Å². The molecule has 0 fully saturated rings. The van der Waals surface area contributed by atoms with Gasteiger partial charge in [0.15, 0.2) is 11.5 Å². The van der Waals surface area contributed by atoms with Crippen LogP contribution in [0.2, 0.25) is 5.02 Å². The van der Waals surface area contributed by atoms with Crippen LogP contribution in [0, 0.1) is 5.41 Å². The summed E-state index contributed by atoms with van der Waals surface area (Å²) < 4.78 is 10.4. The zero-order valence-corrected chi connectivity index (χ0v) is 11.5. The minimum Gasteiger partial charge on any atom is -0.493 e. The minimum atomic E-state index is 0.392. The topological polar surface area (TPSA) is 42.3 Å². The first kappa shape index (κ1) is 13.4. The van der Waals surface area contributed by atoms with E-state index in [1.54, 1.807) is 38.5 Å². The van der Waals surface area contributed by atoms with Crippen molar-refractivity contribution in [2.75, 3.05) is 14.2 Å². The van der Waals surface area contributed by atoms with Crippen molar-refractivity contribution in [1.82, 2.24) is 0 Å². The molecule has 0 radical (unpaired) electrons. The summed E-state index contributed by atoms with van der Waals surface area (Å²) in [5, 5.41) is 8.83. The van der Waals surface area contributed by atoms with Crippen molar-refractivity contribution in [2.24, 2.45) is 0 Å². The maximum Gasteiger partial charge on any atom is 0.161 e. The molecule has 0 saturated heterocycles. The van der Waals surface area contributed by atoms with Crippen LogP contribution in [-0.2, 0) is 0 Å². The first-order valence-electron chi connectivity index (χ1n) is 5.72. The summed E-state index contributed by atoms with van der Waals surface area (Å²) in [6, 6.07) is 12.6. The van der Waals surface area contributed by atoms with Gasteiger partial charge in [0.05, 0.1) is 19.9 Å². The number of hydrogen-bond donors (Lipinski definition) is 1. The van der Waals surface area contributed by atoms with E-state index in [2.05, 4.69) is 0 Å². The summed E-state index contributed by atoms with van der Waals surface area (Å²) >= 11 is 5.94. The van der Waals surface area contributed by atoms with Gasteiger partial charge in [0.2, 0.25) is 0 Å². The van der Waals surface area contributed by atoms with Crippen LogP contribution in [0.25, 0.3) is 0 Å². The molecule has 2 aromatic rings. The highest BCUT2D eigenvalue weighted by Crippen LogP contribution is 2.28. The van der Waals surface area contributed by atoms with Crippen LogP contribution in [-0.4, -0.2) is 19.9 Å². The van der Waals surface area contributed by atoms with Crippen molar-refractivity contribution >= 4 is 17.3 Å². The fourth-order valence-electron chi connectivity index (χ4n) is 1.80. The molecule has 2 rings (SSSR count). The van der Waals surface area contributed by atoms with E-state index in [4.69, 9.17) is 26.5 Å². The third-order valence-corrected chi connectivity index (χ3v) is 3.02. The molecule has 2 aromatic carbocycles. The molecule has 0 aliphatic heterocycles. The van der Waals surface area contributed by atoms with Gasteiger partial charge < -0.3 is 9.47 Å². The quantitative estimate of drug-likeness (QED) is 0.863. The predicted octanol–water partition coefficient (Wildman–Crippen LogP) is 3.77. The lowest BCUT2D eigenvalue weighted by atomic mass is 10.0. The molecular weight excluding hydrogens is 262 g/mol. The molecule has 0 aliphatic rings. The molecule has 0 atom stereocenters. The third kappa shape index (κ3) is 2.88. The van der Waals surface area contributed by atoms with E-state index >= 15 is 0 Å². The largest absolute Gasteiger partial charge is 0.493 e. The molecule has 0 aromatic heterocycles. The lowest BCUT2D eigenvalue weighted by molar-refractivity contribution is 0.355. The molecule has 0 amide bonds. The molecule has 19 heavy (non-hydrogen) atoms. The number of methoxy groups -OCH3 is 2. The van der Waals surface area contributed by atoms with Gasteiger partial charge in [-0.05, 0) is 30.3 Å². The molecule has 1 N–H and O–H groups in total. The molecular formula is C15H14ClNO2. The zero-order chi connectivity index (χ0) is 13.8. The Hall–Kier alpha value is -2.00. The Labute approximate surface area is 117 Å². The Morgan fingerprint density at radius 1 is 0.947 bits per heavy atom. The number of hydrogen-bond acceptors (Lipinski definition) is 3. The smallest absolute Gasteiger partial charge is 0.161 e. The lowest BCUT2D eigenvalue weighted by Crippen LogP contribution is -2.02. The number of nitrogens with one attached hydrogen (secondary N) is 1. The van der Waals surface area contributed by atoms with E-state index in [1.807, 2.05) is 18.2 Å². The Morgan fingerprint density at radius 3 is 2.26 bits per heavy atom. The molecule has 0 unspecified atom stereocenters. The van der Waals surface area contributed by atoms with Crippen LogP contribution in [0.5, 0.6) is 11.5 Å². The zero-order valence-electron chi connectivity index (χ0n) is 10.7. The highest BCUT2D eigenvalue weighted by molar-refractivity contribution is 6.31. The van der Waals surface area contributed by atoms with Gasteiger partial charge >= 0.3 is 0 Å². The number of ether oxygens (including phenoxy) is 2. The average Bonchev–Trinajstić information content (AvgIpc) is 2.45. The van der Waals surface area contributed by atoms with Crippen molar-refractivity contribution in [3.63, 3.8) is 0 Å². The van der Waals surface area contributed by atoms with Crippen LogP contribution >= 0.6 is 11.6 Å². The normalized spacial score (nSPS) is 10.1. The first-order chi connectivity index (χ1) is 9.15. The van der Waals surface area contributed by atoms with Crippen molar-refractivity contribution in [1.29, 1.82) is 5.41 Å². The summed E-state index contributed by atoms with van der Waals surface area (Å²) in [7, 11) is 3.16. The lowest BCUT2D eigenvalue weighted by Gasteiger charge is -2.10. The number of benzene rings is 2. The van der Waals surface area contributed by atoms with Gasteiger partial charge in [-0.15, -0.1) is 0 Å². The minimum absolute atomic E-state index is 0.392. The summed E-state index contributed by atoms with van der Waals surface area (Å²) in [6.45, 7) is 0. The second kappa shape index (κ2) is 5.76. The van der Waals surface area contributed by atoms with Gasteiger partial charge in [0.25, 0.3) is 0 Å². The summed E-state index contributed by atoms with van der Waals surface area (Å²) in [5.74, 6) is 1.25. The van der Waals surface area contributed by atoms with Crippen molar-refractivity contribution in [2.45, 2.75) is 0 Å². The second-order valence-electron chi connectivity index (χ2n) is 3.96. The van der Waals surface area contributed by atoms with Crippen LogP contribution in [0.15, 0.2) is 42.5 Å². The maximum absolute atomic E-state index is 8.21. The Balaban J connectivity index is 2.39. The highest BCUT2D eigenvalue weighted by Gasteiger charge is 2.10. The van der Waals surface area contributed by atoms with E-state index < -0.39 is 0 Å². The van der Waals surface area contributed by atoms with Gasteiger partial charge in [-0.1, -0.05) is 23.7 Å². The molecule has 0 spiro atoms. The van der Waals surface area contributed by atoms with E-state index in [1.165, 1.54) is 0 Å². The third-order valence-electron chi connectivity index (χ3n) is 2.79. The average molecular weight is 276 g/mol. The van der Waals surface area contributed by atoms with Gasteiger partial charge in [0, 0.05) is 16.1 Å². The molecule has 0 bridgehead atoms. The highest BCUT2D eigenvalue weighted by atomic mass is 35.5. The SMILES string of the molecule is COc1ccc(C(=N)c2cccc(Cl)c2)cc1OC. The van der Waals surface area contributed by atoms with Crippen molar-refractivity contribution in [3.05, 3.63) is 58.6 Å². The standard InChI is InChI=1S/C15H14ClNO2/c1-18-13-7-6-11(9-14(13)19-2)15(17)10-4-3-5-12(16)8-10/h3-9,17H,1-2H3. The molecule has 3 nitrogen and oxygen atoms in total. The van der Waals surface area contributed by atoms with E-state index in [9.17, 15) is 0 Å². The van der Waals surface area contributed by atoms with Gasteiger partial charge in [-0.3, -0.25) is 5.41 Å². The molecule has 4 heteroatoms. The van der Waals surface area contributed by atoms with Gasteiger partial charge in [0.1, 0.15) is 0 Å². The second-order valence-corrected chi connectivity index (χ2v) is 4.39. The maximum atomic E-state index is 8.21. The fourth-order valence-corrected chi connectivity index (χ4v) is 1.99. The number of halogens is 1. The Morgan fingerprint density at radius 2 is 1.63 bits per heavy atom. The van der Waals surface area contributed by atoms with E-state index in [0.717, 1.165) is 11.1 Å². The van der Waals surface area contributed by atoms with Gasteiger partial charge in [-0.2, -0.15) is 0 Å². The van der Waals surface area contributed by atoms with Crippen LogP contribution in [0.3, 0.4) is 0 Å². The molecule has 98 valence electrons. The van der Waals surface area contributed by atoms with E-state index in [-0.39, 0.29) is 0 Å². The summed E-state index contributed by atoms with van der Waals surface area (Å²) in [6.07, 6.45) is 0. The fraction of sp³-hybridized carbons (Fsp3) is 0.133. The summed E-state index contributed by atoms with van der Waals surface area (Å²) in [5.41, 5.74) is 1.91. The summed E-state index contributed by atoms with van der Waals surface area (Å²) in [4.78, 5) is 0.